The fourth-order valence-corrected chi connectivity index (χ4v) is 3.91. The van der Waals surface area contributed by atoms with Crippen LogP contribution in [0.15, 0.2) is 72.8 Å². The molecule has 1 aliphatic rings. The van der Waals surface area contributed by atoms with Crippen molar-refractivity contribution in [2.45, 2.75) is 32.1 Å². The van der Waals surface area contributed by atoms with Gasteiger partial charge in [-0.2, -0.15) is 0 Å². The maximum atomic E-state index is 2.31. The molecule has 1 aliphatic carbocycles. The van der Waals surface area contributed by atoms with E-state index >= 15 is 0 Å². The second-order valence-electron chi connectivity index (χ2n) is 7.45. The molecule has 4 rings (SSSR count). The predicted octanol–water partition coefficient (Wildman–Crippen LogP) is 6.14. The summed E-state index contributed by atoms with van der Waals surface area (Å²) >= 11 is 0. The Morgan fingerprint density at radius 2 is 1.30 bits per heavy atom. The monoisotopic (exact) mass is 298 g/mol. The summed E-state index contributed by atoms with van der Waals surface area (Å²) in [7, 11) is 0. The highest BCUT2D eigenvalue weighted by Crippen LogP contribution is 2.51. The smallest absolute Gasteiger partial charge is 0.0355 e. The molecule has 0 aromatic heterocycles. The molecular weight excluding hydrogens is 276 g/mol. The van der Waals surface area contributed by atoms with Gasteiger partial charge in [0.05, 0.1) is 0 Å². The van der Waals surface area contributed by atoms with E-state index in [-0.39, 0.29) is 5.41 Å². The minimum atomic E-state index is 0.139. The van der Waals surface area contributed by atoms with Gasteiger partial charge in [0.15, 0.2) is 0 Å². The molecule has 0 N–H and O–H groups in total. The molecule has 0 amide bonds. The Morgan fingerprint density at radius 3 is 2.04 bits per heavy atom. The summed E-state index contributed by atoms with van der Waals surface area (Å²) in [6.07, 6.45) is 0. The molecule has 0 radical (unpaired) electrons. The summed E-state index contributed by atoms with van der Waals surface area (Å²) in [6.45, 7) is 6.94. The van der Waals surface area contributed by atoms with Crippen LogP contribution in [0.2, 0.25) is 0 Å². The van der Waals surface area contributed by atoms with Gasteiger partial charge < -0.3 is 0 Å². The number of benzene rings is 3. The van der Waals surface area contributed by atoms with Crippen molar-refractivity contribution >= 4 is 0 Å². The van der Waals surface area contributed by atoms with Crippen LogP contribution < -0.4 is 0 Å². The number of rotatable bonds is 1. The largest absolute Gasteiger partial charge is 0.0622 e. The lowest BCUT2D eigenvalue weighted by atomic mass is 9.78. The molecule has 0 spiro atoms. The molecule has 23 heavy (non-hydrogen) atoms. The van der Waals surface area contributed by atoms with Gasteiger partial charge in [-0.1, -0.05) is 93.6 Å². The van der Waals surface area contributed by atoms with Gasteiger partial charge in [-0.05, 0) is 38.8 Å². The molecule has 0 nitrogen and oxygen atoms in total. The van der Waals surface area contributed by atoms with Gasteiger partial charge in [0, 0.05) is 5.92 Å². The van der Waals surface area contributed by atoms with Gasteiger partial charge in [-0.15, -0.1) is 0 Å². The Hall–Kier alpha value is -2.34. The minimum Gasteiger partial charge on any atom is -0.0622 e. The van der Waals surface area contributed by atoms with Crippen LogP contribution in [-0.2, 0) is 5.41 Å². The zero-order valence-electron chi connectivity index (χ0n) is 14.0. The quantitative estimate of drug-likeness (QED) is 0.395. The zero-order chi connectivity index (χ0) is 16.0. The maximum absolute atomic E-state index is 2.31. The molecule has 3 aromatic rings. The van der Waals surface area contributed by atoms with E-state index in [1.165, 1.54) is 33.4 Å². The fraction of sp³-hybridized carbons (Fsp3) is 0.217. The van der Waals surface area contributed by atoms with Crippen molar-refractivity contribution in [2.24, 2.45) is 0 Å². The van der Waals surface area contributed by atoms with E-state index in [9.17, 15) is 0 Å². The molecule has 0 saturated carbocycles. The summed E-state index contributed by atoms with van der Waals surface area (Å²) in [6, 6.07) is 26.6. The van der Waals surface area contributed by atoms with Crippen molar-refractivity contribution in [2.75, 3.05) is 0 Å². The first-order valence-corrected chi connectivity index (χ1v) is 8.35. The van der Waals surface area contributed by atoms with Gasteiger partial charge in [-0.3, -0.25) is 0 Å². The number of hydrogen-bond donors (Lipinski definition) is 0. The third-order valence-electron chi connectivity index (χ3n) is 4.90. The summed E-state index contributed by atoms with van der Waals surface area (Å²) in [5.74, 6) is 0.345. The highest BCUT2D eigenvalue weighted by atomic mass is 14.4. The number of fused-ring (bicyclic) bond motifs is 3. The van der Waals surface area contributed by atoms with Crippen LogP contribution in [0.1, 0.15) is 48.9 Å². The van der Waals surface area contributed by atoms with Crippen LogP contribution in [0, 0.1) is 0 Å². The fourth-order valence-electron chi connectivity index (χ4n) is 3.91. The van der Waals surface area contributed by atoms with E-state index in [2.05, 4.69) is 93.6 Å². The lowest BCUT2D eigenvalue weighted by molar-refractivity contribution is 0.582. The molecule has 0 heterocycles. The summed E-state index contributed by atoms with van der Waals surface area (Å²) in [5, 5.41) is 0. The second-order valence-corrected chi connectivity index (χ2v) is 7.45. The van der Waals surface area contributed by atoms with E-state index in [4.69, 9.17) is 0 Å². The van der Waals surface area contributed by atoms with Crippen LogP contribution in [0.25, 0.3) is 11.1 Å². The van der Waals surface area contributed by atoms with Crippen LogP contribution in [-0.4, -0.2) is 0 Å². The van der Waals surface area contributed by atoms with Crippen molar-refractivity contribution in [3.63, 3.8) is 0 Å². The standard InChI is InChI=1S/C23H22/c1-23(2,3)20-15-9-14-19-17-12-7-8-13-18(17)21(22(19)20)16-10-5-4-6-11-16/h4-15,21H,1-3H3. The van der Waals surface area contributed by atoms with E-state index in [1.54, 1.807) is 0 Å². The first kappa shape index (κ1) is 14.3. The normalized spacial score (nSPS) is 16.0. The molecule has 1 atom stereocenters. The first-order chi connectivity index (χ1) is 11.1. The zero-order valence-corrected chi connectivity index (χ0v) is 14.0. The van der Waals surface area contributed by atoms with Gasteiger partial charge in [0.25, 0.3) is 0 Å². The molecule has 0 bridgehead atoms. The average Bonchev–Trinajstić information content (AvgIpc) is 2.89. The van der Waals surface area contributed by atoms with E-state index in [1.807, 2.05) is 0 Å². The van der Waals surface area contributed by atoms with Gasteiger partial charge in [-0.25, -0.2) is 0 Å². The Morgan fingerprint density at radius 1 is 0.652 bits per heavy atom. The predicted molar refractivity (Wildman–Crippen MR) is 98.0 cm³/mol. The molecule has 0 heteroatoms. The maximum Gasteiger partial charge on any atom is 0.0355 e. The number of hydrogen-bond acceptors (Lipinski definition) is 0. The van der Waals surface area contributed by atoms with Gasteiger partial charge in [0.1, 0.15) is 0 Å². The van der Waals surface area contributed by atoms with E-state index in [0.717, 1.165) is 0 Å². The Kier molecular flexibility index (Phi) is 3.16. The Bertz CT molecular complexity index is 851. The first-order valence-electron chi connectivity index (χ1n) is 8.35. The highest BCUT2D eigenvalue weighted by molar-refractivity contribution is 5.82. The molecule has 0 aliphatic heterocycles. The summed E-state index contributed by atoms with van der Waals surface area (Å²) in [4.78, 5) is 0. The highest BCUT2D eigenvalue weighted by Gasteiger charge is 2.34. The van der Waals surface area contributed by atoms with Crippen molar-refractivity contribution in [1.82, 2.24) is 0 Å². The van der Waals surface area contributed by atoms with Crippen LogP contribution in [0.4, 0.5) is 0 Å². The van der Waals surface area contributed by atoms with Gasteiger partial charge in [0.2, 0.25) is 0 Å². The average molecular weight is 298 g/mol. The van der Waals surface area contributed by atoms with Crippen molar-refractivity contribution in [3.8, 4) is 11.1 Å². The molecular formula is C23H22. The Balaban J connectivity index is 2.06. The molecule has 1 unspecified atom stereocenters. The third-order valence-corrected chi connectivity index (χ3v) is 4.90. The van der Waals surface area contributed by atoms with Gasteiger partial charge >= 0.3 is 0 Å². The third kappa shape index (κ3) is 2.21. The molecule has 3 aromatic carbocycles. The van der Waals surface area contributed by atoms with Crippen molar-refractivity contribution in [3.05, 3.63) is 95.1 Å². The second kappa shape index (κ2) is 5.09. The topological polar surface area (TPSA) is 0 Å². The minimum absolute atomic E-state index is 0.139. The van der Waals surface area contributed by atoms with Crippen LogP contribution in [0.5, 0.6) is 0 Å². The summed E-state index contributed by atoms with van der Waals surface area (Å²) < 4.78 is 0. The molecule has 0 fully saturated rings. The summed E-state index contributed by atoms with van der Waals surface area (Å²) in [5.41, 5.74) is 8.71. The lowest BCUT2D eigenvalue weighted by Crippen LogP contribution is -2.16. The van der Waals surface area contributed by atoms with Crippen LogP contribution >= 0.6 is 0 Å². The SMILES string of the molecule is CC(C)(C)c1cccc2c1C(c1ccccc1)c1ccccc1-2. The Labute approximate surface area is 138 Å². The van der Waals surface area contributed by atoms with Crippen molar-refractivity contribution in [1.29, 1.82) is 0 Å². The lowest BCUT2D eigenvalue weighted by Gasteiger charge is -2.26. The van der Waals surface area contributed by atoms with Crippen molar-refractivity contribution < 1.29 is 0 Å². The van der Waals surface area contributed by atoms with E-state index in [0.29, 0.717) is 5.92 Å². The molecule has 0 saturated heterocycles. The van der Waals surface area contributed by atoms with E-state index < -0.39 is 0 Å². The molecule has 114 valence electrons. The van der Waals surface area contributed by atoms with Crippen LogP contribution in [0.3, 0.4) is 0 Å².